The molecule has 3 aromatic rings. The van der Waals surface area contributed by atoms with Gasteiger partial charge >= 0.3 is 0 Å². The van der Waals surface area contributed by atoms with Gasteiger partial charge in [-0.2, -0.15) is 4.98 Å². The van der Waals surface area contributed by atoms with E-state index in [1.54, 1.807) is 7.11 Å². The van der Waals surface area contributed by atoms with Crippen LogP contribution in [0.2, 0.25) is 0 Å². The van der Waals surface area contributed by atoms with Crippen LogP contribution in [-0.2, 0) is 11.3 Å². The Morgan fingerprint density at radius 1 is 1.19 bits per heavy atom. The SMILES string of the molecule is CCN(Cc1nc(-c2ccc(OC)cc2)no1)C(=O)C1CCCN(c2ccc(C)cc2)C1. The number of amides is 1. The molecule has 0 saturated carbocycles. The third-order valence-electron chi connectivity index (χ3n) is 6.01. The van der Waals surface area contributed by atoms with E-state index in [1.165, 1.54) is 11.3 Å². The van der Waals surface area contributed by atoms with Crippen molar-refractivity contribution in [3.8, 4) is 17.1 Å². The van der Waals surface area contributed by atoms with E-state index in [4.69, 9.17) is 9.26 Å². The van der Waals surface area contributed by atoms with E-state index >= 15 is 0 Å². The smallest absolute Gasteiger partial charge is 0.246 e. The van der Waals surface area contributed by atoms with Gasteiger partial charge in [0.05, 0.1) is 19.6 Å². The summed E-state index contributed by atoms with van der Waals surface area (Å²) in [6.07, 6.45) is 1.91. The molecule has 1 saturated heterocycles. The van der Waals surface area contributed by atoms with Gasteiger partial charge in [-0.3, -0.25) is 4.79 Å². The molecule has 0 aliphatic carbocycles. The molecule has 1 unspecified atom stereocenters. The van der Waals surface area contributed by atoms with Gasteiger partial charge in [0.15, 0.2) is 0 Å². The molecule has 32 heavy (non-hydrogen) atoms. The van der Waals surface area contributed by atoms with Gasteiger partial charge in [0.2, 0.25) is 17.6 Å². The molecule has 1 aliphatic heterocycles. The van der Waals surface area contributed by atoms with E-state index in [-0.39, 0.29) is 11.8 Å². The van der Waals surface area contributed by atoms with Crippen LogP contribution in [0.3, 0.4) is 0 Å². The van der Waals surface area contributed by atoms with Crippen LogP contribution in [0.5, 0.6) is 5.75 Å². The zero-order chi connectivity index (χ0) is 22.5. The fourth-order valence-electron chi connectivity index (χ4n) is 4.11. The highest BCUT2D eigenvalue weighted by molar-refractivity contribution is 5.79. The molecule has 0 N–H and O–H groups in total. The Balaban J connectivity index is 1.41. The molecular formula is C25H30N4O3. The average molecular weight is 435 g/mol. The molecule has 4 rings (SSSR count). The first-order valence-corrected chi connectivity index (χ1v) is 11.1. The highest BCUT2D eigenvalue weighted by atomic mass is 16.5. The van der Waals surface area contributed by atoms with Gasteiger partial charge in [-0.1, -0.05) is 22.9 Å². The number of benzene rings is 2. The maximum absolute atomic E-state index is 13.3. The van der Waals surface area contributed by atoms with Gasteiger partial charge in [0.1, 0.15) is 5.75 Å². The predicted molar refractivity (Wildman–Crippen MR) is 123 cm³/mol. The Kier molecular flexibility index (Phi) is 6.73. The minimum atomic E-state index is -0.0333. The second-order valence-corrected chi connectivity index (χ2v) is 8.21. The largest absolute Gasteiger partial charge is 0.497 e. The Hall–Kier alpha value is -3.35. The van der Waals surface area contributed by atoms with Crippen molar-refractivity contribution in [1.82, 2.24) is 15.0 Å². The summed E-state index contributed by atoms with van der Waals surface area (Å²) in [6.45, 7) is 6.70. The monoisotopic (exact) mass is 434 g/mol. The summed E-state index contributed by atoms with van der Waals surface area (Å²) in [6, 6.07) is 16.0. The molecule has 1 aliphatic rings. The topological polar surface area (TPSA) is 71.7 Å². The van der Waals surface area contributed by atoms with Crippen molar-refractivity contribution >= 4 is 11.6 Å². The minimum Gasteiger partial charge on any atom is -0.497 e. The van der Waals surface area contributed by atoms with Gasteiger partial charge in [-0.05, 0) is 63.1 Å². The van der Waals surface area contributed by atoms with Crippen molar-refractivity contribution in [3.63, 3.8) is 0 Å². The number of methoxy groups -OCH3 is 1. The number of hydrogen-bond donors (Lipinski definition) is 0. The average Bonchev–Trinajstić information content (AvgIpc) is 3.31. The number of carbonyl (C=O) groups excluding carboxylic acids is 1. The lowest BCUT2D eigenvalue weighted by atomic mass is 9.95. The van der Waals surface area contributed by atoms with E-state index in [9.17, 15) is 4.79 Å². The van der Waals surface area contributed by atoms with E-state index in [0.717, 1.165) is 37.2 Å². The van der Waals surface area contributed by atoms with Crippen LogP contribution in [0.4, 0.5) is 5.69 Å². The van der Waals surface area contributed by atoms with Gasteiger partial charge in [-0.25, -0.2) is 0 Å². The van der Waals surface area contributed by atoms with Crippen molar-refractivity contribution in [2.24, 2.45) is 5.92 Å². The third-order valence-corrected chi connectivity index (χ3v) is 6.01. The summed E-state index contributed by atoms with van der Waals surface area (Å²) < 4.78 is 10.6. The van der Waals surface area contributed by atoms with Crippen LogP contribution in [0.25, 0.3) is 11.4 Å². The quantitative estimate of drug-likeness (QED) is 0.552. The molecule has 7 heteroatoms. The molecule has 0 bridgehead atoms. The van der Waals surface area contributed by atoms with Crippen molar-refractivity contribution < 1.29 is 14.1 Å². The molecule has 1 fully saturated rings. The first-order chi connectivity index (χ1) is 15.6. The lowest BCUT2D eigenvalue weighted by molar-refractivity contribution is -0.136. The first kappa shape index (κ1) is 21.9. The highest BCUT2D eigenvalue weighted by Gasteiger charge is 2.30. The lowest BCUT2D eigenvalue weighted by Gasteiger charge is -2.35. The number of aromatic nitrogens is 2. The number of ether oxygens (including phenoxy) is 1. The van der Waals surface area contributed by atoms with Crippen molar-refractivity contribution in [3.05, 3.63) is 60.0 Å². The zero-order valence-corrected chi connectivity index (χ0v) is 19.0. The van der Waals surface area contributed by atoms with Gasteiger partial charge in [0.25, 0.3) is 0 Å². The summed E-state index contributed by atoms with van der Waals surface area (Å²) in [7, 11) is 1.63. The molecule has 1 atom stereocenters. The number of piperidine rings is 1. The number of anilines is 1. The van der Waals surface area contributed by atoms with Crippen molar-refractivity contribution in [2.75, 3.05) is 31.6 Å². The Bertz CT molecular complexity index is 1030. The minimum absolute atomic E-state index is 0.0333. The van der Waals surface area contributed by atoms with Crippen LogP contribution in [0.15, 0.2) is 53.1 Å². The van der Waals surface area contributed by atoms with Gasteiger partial charge in [-0.15, -0.1) is 0 Å². The predicted octanol–water partition coefficient (Wildman–Crippen LogP) is 4.32. The number of aryl methyl sites for hydroxylation is 1. The number of nitrogens with zero attached hydrogens (tertiary/aromatic N) is 4. The summed E-state index contributed by atoms with van der Waals surface area (Å²) in [5.74, 6) is 1.83. The molecular weight excluding hydrogens is 404 g/mol. The van der Waals surface area contributed by atoms with Crippen LogP contribution >= 0.6 is 0 Å². The molecule has 1 amide bonds. The van der Waals surface area contributed by atoms with Crippen LogP contribution in [0.1, 0.15) is 31.2 Å². The molecule has 168 valence electrons. The number of hydrogen-bond acceptors (Lipinski definition) is 6. The maximum atomic E-state index is 13.3. The van der Waals surface area contributed by atoms with Gasteiger partial charge in [0, 0.05) is 30.9 Å². The van der Waals surface area contributed by atoms with E-state index in [0.29, 0.717) is 24.8 Å². The zero-order valence-electron chi connectivity index (χ0n) is 19.0. The second kappa shape index (κ2) is 9.85. The van der Waals surface area contributed by atoms with Crippen molar-refractivity contribution in [2.45, 2.75) is 33.2 Å². The van der Waals surface area contributed by atoms with Crippen LogP contribution in [-0.4, -0.2) is 47.7 Å². The molecule has 1 aromatic heterocycles. The van der Waals surface area contributed by atoms with E-state index in [2.05, 4.69) is 46.2 Å². The summed E-state index contributed by atoms with van der Waals surface area (Å²) in [4.78, 5) is 21.9. The van der Waals surface area contributed by atoms with Gasteiger partial charge < -0.3 is 19.1 Å². The first-order valence-electron chi connectivity index (χ1n) is 11.1. The summed E-state index contributed by atoms with van der Waals surface area (Å²) in [5.41, 5.74) is 3.26. The van der Waals surface area contributed by atoms with Crippen LogP contribution in [0, 0.1) is 12.8 Å². The number of carbonyl (C=O) groups is 1. The Labute approximate surface area is 189 Å². The molecule has 0 radical (unpaired) electrons. The normalized spacial score (nSPS) is 16.1. The molecule has 2 aromatic carbocycles. The highest BCUT2D eigenvalue weighted by Crippen LogP contribution is 2.26. The Morgan fingerprint density at radius 3 is 2.62 bits per heavy atom. The van der Waals surface area contributed by atoms with Crippen LogP contribution < -0.4 is 9.64 Å². The fourth-order valence-corrected chi connectivity index (χ4v) is 4.11. The van der Waals surface area contributed by atoms with Crippen molar-refractivity contribution in [1.29, 1.82) is 0 Å². The number of rotatable bonds is 7. The lowest BCUT2D eigenvalue weighted by Crippen LogP contribution is -2.44. The molecule has 0 spiro atoms. The standard InChI is InChI=1S/C25H30N4O3/c1-4-28(17-23-26-24(27-32-23)19-9-13-22(31-3)14-10-19)25(30)20-6-5-15-29(16-20)21-11-7-18(2)8-12-21/h7-14,20H,4-6,15-17H2,1-3H3. The van der Waals surface area contributed by atoms with E-state index < -0.39 is 0 Å². The third kappa shape index (κ3) is 4.93. The second-order valence-electron chi connectivity index (χ2n) is 8.21. The molecule has 2 heterocycles. The summed E-state index contributed by atoms with van der Waals surface area (Å²) >= 11 is 0. The maximum Gasteiger partial charge on any atom is 0.246 e. The molecule has 7 nitrogen and oxygen atoms in total. The summed E-state index contributed by atoms with van der Waals surface area (Å²) in [5, 5.41) is 4.09. The Morgan fingerprint density at radius 2 is 1.94 bits per heavy atom. The fraction of sp³-hybridized carbons (Fsp3) is 0.400. The van der Waals surface area contributed by atoms with E-state index in [1.807, 2.05) is 36.1 Å².